The van der Waals surface area contributed by atoms with E-state index in [1.54, 1.807) is 14.2 Å². The van der Waals surface area contributed by atoms with Crippen molar-refractivity contribution in [2.45, 2.75) is 0 Å². The van der Waals surface area contributed by atoms with E-state index in [2.05, 4.69) is 26.7 Å². The number of benzene rings is 1. The molecule has 0 N–H and O–H groups in total. The maximum atomic E-state index is 5.40. The SMILES string of the molecule is COc1ccc(N2C=NC=C(N3CCN(C)CC3)C2)cc1OC. The number of rotatable bonds is 4. The predicted octanol–water partition coefficient (Wildman–Crippen LogP) is 1.64. The third-order valence-corrected chi connectivity index (χ3v) is 4.37. The summed E-state index contributed by atoms with van der Waals surface area (Å²) < 4.78 is 10.7. The first-order chi connectivity index (χ1) is 11.2. The molecule has 2 aliphatic heterocycles. The minimum Gasteiger partial charge on any atom is -0.493 e. The summed E-state index contributed by atoms with van der Waals surface area (Å²) in [6.07, 6.45) is 3.84. The number of likely N-dealkylation sites (N-methyl/N-ethyl adjacent to an activating group) is 1. The zero-order chi connectivity index (χ0) is 16.2. The van der Waals surface area contributed by atoms with E-state index in [-0.39, 0.29) is 0 Å². The molecule has 1 fully saturated rings. The first-order valence-corrected chi connectivity index (χ1v) is 7.86. The number of methoxy groups -OCH3 is 2. The van der Waals surface area contributed by atoms with Crippen molar-refractivity contribution in [1.82, 2.24) is 9.80 Å². The molecular formula is C17H24N4O2. The van der Waals surface area contributed by atoms with Gasteiger partial charge in [-0.15, -0.1) is 0 Å². The molecular weight excluding hydrogens is 292 g/mol. The van der Waals surface area contributed by atoms with Gasteiger partial charge in [-0.2, -0.15) is 0 Å². The lowest BCUT2D eigenvalue weighted by atomic mass is 10.2. The zero-order valence-corrected chi connectivity index (χ0v) is 14.0. The molecule has 23 heavy (non-hydrogen) atoms. The summed E-state index contributed by atoms with van der Waals surface area (Å²) in [7, 11) is 5.47. The quantitative estimate of drug-likeness (QED) is 0.845. The summed E-state index contributed by atoms with van der Waals surface area (Å²) in [6.45, 7) is 5.12. The molecule has 0 aromatic heterocycles. The number of aliphatic imine (C=N–C) groups is 1. The molecule has 124 valence electrons. The molecule has 0 amide bonds. The third kappa shape index (κ3) is 3.42. The van der Waals surface area contributed by atoms with Gasteiger partial charge in [-0.3, -0.25) is 0 Å². The standard InChI is InChI=1S/C17H24N4O2/c1-19-6-8-20(9-7-19)15-11-18-13-21(12-15)14-4-5-16(22-2)17(10-14)23-3/h4-5,10-11,13H,6-9,12H2,1-3H3. The Bertz CT molecular complexity index is 607. The van der Waals surface area contributed by atoms with Crippen LogP contribution in [0.3, 0.4) is 0 Å². The van der Waals surface area contributed by atoms with E-state index >= 15 is 0 Å². The van der Waals surface area contributed by atoms with E-state index in [1.165, 1.54) is 5.70 Å². The fourth-order valence-corrected chi connectivity index (χ4v) is 2.89. The van der Waals surface area contributed by atoms with Crippen molar-refractivity contribution < 1.29 is 9.47 Å². The lowest BCUT2D eigenvalue weighted by Gasteiger charge is -2.37. The average molecular weight is 316 g/mol. The Kier molecular flexibility index (Phi) is 4.71. The number of hydrogen-bond donors (Lipinski definition) is 0. The van der Waals surface area contributed by atoms with Crippen LogP contribution in [0.4, 0.5) is 5.69 Å². The van der Waals surface area contributed by atoms with Crippen LogP contribution in [0.15, 0.2) is 35.1 Å². The molecule has 3 rings (SSSR count). The van der Waals surface area contributed by atoms with E-state index in [9.17, 15) is 0 Å². The maximum absolute atomic E-state index is 5.40. The molecule has 2 heterocycles. The number of nitrogens with zero attached hydrogens (tertiary/aromatic N) is 4. The van der Waals surface area contributed by atoms with Crippen molar-refractivity contribution in [1.29, 1.82) is 0 Å². The van der Waals surface area contributed by atoms with E-state index in [4.69, 9.17) is 9.47 Å². The van der Waals surface area contributed by atoms with Crippen LogP contribution in [-0.4, -0.2) is 70.1 Å². The molecule has 2 aliphatic rings. The molecule has 6 heteroatoms. The molecule has 6 nitrogen and oxygen atoms in total. The lowest BCUT2D eigenvalue weighted by Crippen LogP contribution is -2.46. The molecule has 0 bridgehead atoms. The second-order valence-electron chi connectivity index (χ2n) is 5.84. The molecule has 0 unspecified atom stereocenters. The van der Waals surface area contributed by atoms with Gasteiger partial charge in [0.2, 0.25) is 0 Å². The van der Waals surface area contributed by atoms with Crippen LogP contribution in [-0.2, 0) is 0 Å². The Hall–Kier alpha value is -2.21. The van der Waals surface area contributed by atoms with Gasteiger partial charge in [0.25, 0.3) is 0 Å². The van der Waals surface area contributed by atoms with Crippen molar-refractivity contribution in [2.75, 3.05) is 58.9 Å². The van der Waals surface area contributed by atoms with Crippen LogP contribution < -0.4 is 14.4 Å². The normalized spacial score (nSPS) is 18.8. The Morgan fingerprint density at radius 2 is 1.74 bits per heavy atom. The highest BCUT2D eigenvalue weighted by molar-refractivity contribution is 5.82. The fraction of sp³-hybridized carbons (Fsp3) is 0.471. The van der Waals surface area contributed by atoms with Crippen LogP contribution in [0.25, 0.3) is 0 Å². The summed E-state index contributed by atoms with van der Waals surface area (Å²) in [5.41, 5.74) is 2.31. The molecule has 0 spiro atoms. The van der Waals surface area contributed by atoms with Crippen molar-refractivity contribution in [3.8, 4) is 11.5 Å². The highest BCUT2D eigenvalue weighted by Gasteiger charge is 2.20. The van der Waals surface area contributed by atoms with Crippen LogP contribution in [0.2, 0.25) is 0 Å². The lowest BCUT2D eigenvalue weighted by molar-refractivity contribution is 0.184. The van der Waals surface area contributed by atoms with Crippen molar-refractivity contribution in [2.24, 2.45) is 4.99 Å². The van der Waals surface area contributed by atoms with Crippen LogP contribution in [0, 0.1) is 0 Å². The third-order valence-electron chi connectivity index (χ3n) is 4.37. The average Bonchev–Trinajstić information content (AvgIpc) is 2.62. The Morgan fingerprint density at radius 1 is 1.00 bits per heavy atom. The highest BCUT2D eigenvalue weighted by atomic mass is 16.5. The van der Waals surface area contributed by atoms with Crippen LogP contribution in [0.5, 0.6) is 11.5 Å². The van der Waals surface area contributed by atoms with Crippen LogP contribution >= 0.6 is 0 Å². The summed E-state index contributed by atoms with van der Waals surface area (Å²) in [6, 6.07) is 5.94. The van der Waals surface area contributed by atoms with Crippen LogP contribution in [0.1, 0.15) is 0 Å². The van der Waals surface area contributed by atoms with Gasteiger partial charge in [0.1, 0.15) is 0 Å². The van der Waals surface area contributed by atoms with Gasteiger partial charge in [0, 0.05) is 44.1 Å². The molecule has 0 atom stereocenters. The van der Waals surface area contributed by atoms with Gasteiger partial charge in [0.15, 0.2) is 11.5 Å². The molecule has 1 aromatic rings. The molecule has 0 saturated carbocycles. The Morgan fingerprint density at radius 3 is 2.43 bits per heavy atom. The molecule has 0 radical (unpaired) electrons. The minimum atomic E-state index is 0.731. The maximum Gasteiger partial charge on any atom is 0.162 e. The van der Waals surface area contributed by atoms with E-state index in [0.717, 1.165) is 49.9 Å². The van der Waals surface area contributed by atoms with Gasteiger partial charge in [-0.1, -0.05) is 0 Å². The van der Waals surface area contributed by atoms with Gasteiger partial charge in [-0.25, -0.2) is 4.99 Å². The van der Waals surface area contributed by atoms with E-state index < -0.39 is 0 Å². The topological polar surface area (TPSA) is 40.5 Å². The number of ether oxygens (including phenoxy) is 2. The van der Waals surface area contributed by atoms with Gasteiger partial charge in [-0.05, 0) is 19.2 Å². The van der Waals surface area contributed by atoms with Gasteiger partial charge in [0.05, 0.1) is 32.8 Å². The zero-order valence-electron chi connectivity index (χ0n) is 14.0. The summed E-state index contributed by atoms with van der Waals surface area (Å²) in [5, 5.41) is 0. The summed E-state index contributed by atoms with van der Waals surface area (Å²) >= 11 is 0. The largest absolute Gasteiger partial charge is 0.493 e. The molecule has 1 saturated heterocycles. The first-order valence-electron chi connectivity index (χ1n) is 7.86. The van der Waals surface area contributed by atoms with Crippen molar-refractivity contribution in [3.63, 3.8) is 0 Å². The summed E-state index contributed by atoms with van der Waals surface area (Å²) in [4.78, 5) is 11.3. The smallest absolute Gasteiger partial charge is 0.162 e. The highest BCUT2D eigenvalue weighted by Crippen LogP contribution is 2.32. The fourth-order valence-electron chi connectivity index (χ4n) is 2.89. The number of anilines is 1. The minimum absolute atomic E-state index is 0.731. The van der Waals surface area contributed by atoms with E-state index in [1.807, 2.05) is 30.7 Å². The number of hydrogen-bond acceptors (Lipinski definition) is 6. The van der Waals surface area contributed by atoms with Gasteiger partial charge >= 0.3 is 0 Å². The monoisotopic (exact) mass is 316 g/mol. The number of piperazine rings is 1. The second kappa shape index (κ2) is 6.91. The Balaban J connectivity index is 1.73. The predicted molar refractivity (Wildman–Crippen MR) is 92.5 cm³/mol. The second-order valence-corrected chi connectivity index (χ2v) is 5.84. The Labute approximate surface area is 137 Å². The van der Waals surface area contributed by atoms with Crippen molar-refractivity contribution in [3.05, 3.63) is 30.1 Å². The van der Waals surface area contributed by atoms with E-state index in [0.29, 0.717) is 0 Å². The van der Waals surface area contributed by atoms with Crippen molar-refractivity contribution >= 4 is 12.0 Å². The first kappa shape index (κ1) is 15.7. The van der Waals surface area contributed by atoms with Gasteiger partial charge < -0.3 is 24.2 Å². The molecule has 1 aromatic carbocycles. The molecule has 0 aliphatic carbocycles. The summed E-state index contributed by atoms with van der Waals surface area (Å²) in [5.74, 6) is 1.47.